The third kappa shape index (κ3) is 5.99. The van der Waals surface area contributed by atoms with Gasteiger partial charge < -0.3 is 19.9 Å². The molecule has 200 valence electrons. The molecule has 1 atom stereocenters. The standard InChI is InChI=1S/C25H22Cl3N3O6S/c1-38(36,37)17-6-8-30(12-17)13-20(25(34)35)29-23(32)21-19(27)10-15-11-31(9-7-18(15)22(21)28)24(33)14-2-4-16(26)5-3-14/h2-6,8,10,12,20H,7,9,11,13H2,1H3,(H,29,32)(H,34,35). The number of nitrogens with one attached hydrogen (secondary N) is 1. The van der Waals surface area contributed by atoms with Crippen molar-refractivity contribution in [3.05, 3.63) is 86.1 Å². The summed E-state index contributed by atoms with van der Waals surface area (Å²) in [5.41, 5.74) is 1.74. The lowest BCUT2D eigenvalue weighted by molar-refractivity contribution is -0.139. The molecule has 1 aliphatic rings. The minimum atomic E-state index is -3.47. The second-order valence-corrected chi connectivity index (χ2v) is 12.1. The van der Waals surface area contributed by atoms with Crippen LogP contribution in [0.4, 0.5) is 0 Å². The van der Waals surface area contributed by atoms with Crippen molar-refractivity contribution in [1.82, 2.24) is 14.8 Å². The topological polar surface area (TPSA) is 126 Å². The molecule has 38 heavy (non-hydrogen) atoms. The van der Waals surface area contributed by atoms with E-state index in [0.29, 0.717) is 34.7 Å². The molecular weight excluding hydrogens is 577 g/mol. The van der Waals surface area contributed by atoms with Crippen molar-refractivity contribution in [2.45, 2.75) is 30.4 Å². The van der Waals surface area contributed by atoms with Crippen molar-refractivity contribution >= 4 is 62.4 Å². The van der Waals surface area contributed by atoms with Gasteiger partial charge >= 0.3 is 5.97 Å². The minimum Gasteiger partial charge on any atom is -0.480 e. The normalized spacial score (nSPS) is 14.1. The summed E-state index contributed by atoms with van der Waals surface area (Å²) < 4.78 is 24.8. The first-order valence-electron chi connectivity index (χ1n) is 11.3. The largest absolute Gasteiger partial charge is 0.480 e. The number of carbonyl (C=O) groups is 3. The first-order valence-corrected chi connectivity index (χ1v) is 14.3. The van der Waals surface area contributed by atoms with Gasteiger partial charge in [-0.2, -0.15) is 0 Å². The third-order valence-corrected chi connectivity index (χ3v) is 8.22. The van der Waals surface area contributed by atoms with Crippen LogP contribution in [0.1, 0.15) is 31.8 Å². The van der Waals surface area contributed by atoms with Gasteiger partial charge in [0, 0.05) is 42.3 Å². The number of aliphatic carboxylic acids is 1. The van der Waals surface area contributed by atoms with Crippen LogP contribution in [0.25, 0.3) is 0 Å². The number of fused-ring (bicyclic) bond motifs is 1. The van der Waals surface area contributed by atoms with Gasteiger partial charge in [-0.05, 0) is 53.9 Å². The zero-order valence-corrected chi connectivity index (χ0v) is 23.0. The maximum Gasteiger partial charge on any atom is 0.328 e. The quantitative estimate of drug-likeness (QED) is 0.425. The van der Waals surface area contributed by atoms with Crippen molar-refractivity contribution < 1.29 is 27.9 Å². The molecule has 2 aromatic carbocycles. The highest BCUT2D eigenvalue weighted by Gasteiger charge is 2.30. The van der Waals surface area contributed by atoms with Crippen LogP contribution in [0.5, 0.6) is 0 Å². The highest BCUT2D eigenvalue weighted by atomic mass is 35.5. The van der Waals surface area contributed by atoms with Gasteiger partial charge in [0.15, 0.2) is 9.84 Å². The van der Waals surface area contributed by atoms with Gasteiger partial charge in [0.25, 0.3) is 11.8 Å². The molecule has 0 aliphatic carbocycles. The number of carbonyl (C=O) groups excluding carboxylic acids is 2. The number of aromatic nitrogens is 1. The number of benzene rings is 2. The van der Waals surface area contributed by atoms with Crippen LogP contribution in [0, 0.1) is 0 Å². The summed E-state index contributed by atoms with van der Waals surface area (Å²) in [6.45, 7) is 0.357. The van der Waals surface area contributed by atoms with E-state index in [9.17, 15) is 27.9 Å². The Balaban J connectivity index is 1.53. The molecule has 3 aromatic rings. The maximum atomic E-state index is 13.1. The van der Waals surface area contributed by atoms with Gasteiger partial charge in [-0.25, -0.2) is 13.2 Å². The highest BCUT2D eigenvalue weighted by molar-refractivity contribution is 7.90. The number of carboxylic acids is 1. The van der Waals surface area contributed by atoms with E-state index in [1.807, 2.05) is 0 Å². The smallest absolute Gasteiger partial charge is 0.328 e. The average Bonchev–Trinajstić information content (AvgIpc) is 3.32. The summed E-state index contributed by atoms with van der Waals surface area (Å²) in [4.78, 5) is 39.5. The van der Waals surface area contributed by atoms with Crippen LogP contribution in [0.3, 0.4) is 0 Å². The van der Waals surface area contributed by atoms with E-state index in [2.05, 4.69) is 5.32 Å². The third-order valence-electron chi connectivity index (χ3n) is 6.16. The number of carboxylic acid groups (broad SMARTS) is 1. The SMILES string of the molecule is CS(=O)(=O)c1ccn(CC(NC(=O)c2c(Cl)cc3c(c2Cl)CCN(C(=O)c2ccc(Cl)cc2)C3)C(=O)O)c1. The van der Waals surface area contributed by atoms with E-state index in [4.69, 9.17) is 34.8 Å². The maximum absolute atomic E-state index is 13.1. The van der Waals surface area contributed by atoms with E-state index in [0.717, 1.165) is 6.26 Å². The Morgan fingerprint density at radius 2 is 1.79 bits per heavy atom. The minimum absolute atomic E-state index is 0.0107. The number of amides is 2. The molecule has 0 saturated heterocycles. The summed E-state index contributed by atoms with van der Waals surface area (Å²) in [6, 6.07) is 8.06. The molecule has 0 fully saturated rings. The number of hydrogen-bond donors (Lipinski definition) is 2. The number of sulfone groups is 1. The first kappa shape index (κ1) is 28.0. The van der Waals surface area contributed by atoms with Crippen molar-refractivity contribution in [3.63, 3.8) is 0 Å². The van der Waals surface area contributed by atoms with Crippen LogP contribution in [0.2, 0.25) is 15.1 Å². The average molecular weight is 599 g/mol. The Labute approximate surface area is 233 Å². The number of nitrogens with zero attached hydrogens (tertiary/aromatic N) is 2. The molecule has 2 amide bonds. The van der Waals surface area contributed by atoms with Crippen molar-refractivity contribution in [3.8, 4) is 0 Å². The van der Waals surface area contributed by atoms with Crippen LogP contribution >= 0.6 is 34.8 Å². The fourth-order valence-corrected chi connectivity index (χ4v) is 5.71. The zero-order valence-electron chi connectivity index (χ0n) is 19.9. The molecule has 9 nitrogen and oxygen atoms in total. The van der Waals surface area contributed by atoms with E-state index in [1.54, 1.807) is 35.2 Å². The van der Waals surface area contributed by atoms with Crippen LogP contribution in [-0.2, 0) is 34.1 Å². The van der Waals surface area contributed by atoms with Crippen LogP contribution < -0.4 is 5.32 Å². The lowest BCUT2D eigenvalue weighted by Gasteiger charge is -2.30. The second kappa shape index (κ2) is 11.0. The Morgan fingerprint density at radius 1 is 1.11 bits per heavy atom. The molecule has 13 heteroatoms. The second-order valence-electron chi connectivity index (χ2n) is 8.85. The van der Waals surface area contributed by atoms with E-state index >= 15 is 0 Å². The fourth-order valence-electron chi connectivity index (χ4n) is 4.19. The molecule has 2 heterocycles. The highest BCUT2D eigenvalue weighted by Crippen LogP contribution is 2.35. The Morgan fingerprint density at radius 3 is 2.39 bits per heavy atom. The van der Waals surface area contributed by atoms with Gasteiger partial charge in [0.05, 0.1) is 27.0 Å². The molecule has 2 N–H and O–H groups in total. The summed E-state index contributed by atoms with van der Waals surface area (Å²) in [5.74, 6) is -2.30. The fraction of sp³-hybridized carbons (Fsp3) is 0.240. The lowest BCUT2D eigenvalue weighted by atomic mass is 9.96. The molecule has 1 aliphatic heterocycles. The Hall–Kier alpha value is -3.05. The monoisotopic (exact) mass is 597 g/mol. The number of halogens is 3. The number of rotatable bonds is 7. The van der Waals surface area contributed by atoms with Crippen LogP contribution in [0.15, 0.2) is 53.7 Å². The van der Waals surface area contributed by atoms with Crippen molar-refractivity contribution in [2.24, 2.45) is 0 Å². The summed E-state index contributed by atoms with van der Waals surface area (Å²) in [5, 5.41) is 12.7. The molecule has 0 radical (unpaired) electrons. The molecule has 0 bridgehead atoms. The van der Waals surface area contributed by atoms with E-state index in [-0.39, 0.29) is 39.5 Å². The van der Waals surface area contributed by atoms with Crippen LogP contribution in [-0.4, -0.2) is 59.6 Å². The van der Waals surface area contributed by atoms with Gasteiger partial charge in [0.1, 0.15) is 6.04 Å². The molecule has 0 spiro atoms. The molecule has 1 unspecified atom stereocenters. The van der Waals surface area contributed by atoms with Gasteiger partial charge in [-0.15, -0.1) is 0 Å². The summed E-state index contributed by atoms with van der Waals surface area (Å²) in [7, 11) is -3.47. The molecule has 0 saturated carbocycles. The molecule has 4 rings (SSSR count). The summed E-state index contributed by atoms with van der Waals surface area (Å²) in [6.07, 6.45) is 4.10. The molecular formula is C25H22Cl3N3O6S. The predicted molar refractivity (Wildman–Crippen MR) is 143 cm³/mol. The Bertz CT molecular complexity index is 1540. The predicted octanol–water partition coefficient (Wildman–Crippen LogP) is 3.93. The van der Waals surface area contributed by atoms with Crippen molar-refractivity contribution in [2.75, 3.05) is 12.8 Å². The van der Waals surface area contributed by atoms with E-state index < -0.39 is 27.8 Å². The van der Waals surface area contributed by atoms with E-state index in [1.165, 1.54) is 23.0 Å². The zero-order chi connectivity index (χ0) is 27.8. The summed E-state index contributed by atoms with van der Waals surface area (Å²) >= 11 is 18.9. The lowest BCUT2D eigenvalue weighted by Crippen LogP contribution is -2.44. The van der Waals surface area contributed by atoms with Gasteiger partial charge in [-0.1, -0.05) is 34.8 Å². The van der Waals surface area contributed by atoms with Gasteiger partial charge in [-0.3, -0.25) is 9.59 Å². The molecule has 1 aromatic heterocycles. The number of hydrogen-bond acceptors (Lipinski definition) is 5. The van der Waals surface area contributed by atoms with Crippen molar-refractivity contribution in [1.29, 1.82) is 0 Å². The van der Waals surface area contributed by atoms with Gasteiger partial charge in [0.2, 0.25) is 0 Å². The first-order chi connectivity index (χ1) is 17.8. The Kier molecular flexibility index (Phi) is 8.08.